The van der Waals surface area contributed by atoms with E-state index in [9.17, 15) is 40.2 Å². The van der Waals surface area contributed by atoms with Gasteiger partial charge in [0.25, 0.3) is 0 Å². The molecule has 4 fully saturated rings. The summed E-state index contributed by atoms with van der Waals surface area (Å²) in [6, 6.07) is -0.707. The molecule has 194 valence electrons. The zero-order valence-electron chi connectivity index (χ0n) is 19.8. The number of hydrogen-bond donors (Lipinski definition) is 7. The van der Waals surface area contributed by atoms with Gasteiger partial charge in [-0.15, -0.1) is 0 Å². The van der Waals surface area contributed by atoms with Gasteiger partial charge in [-0.05, 0) is 57.3 Å². The fraction of sp³-hybridized carbons (Fsp3) is 0.917. The molecule has 0 heterocycles. The van der Waals surface area contributed by atoms with Crippen molar-refractivity contribution in [1.82, 2.24) is 5.32 Å². The maximum absolute atomic E-state index is 13.3. The number of hydrogen-bond acceptors (Lipinski definition) is 10. The predicted molar refractivity (Wildman–Crippen MR) is 118 cm³/mol. The summed E-state index contributed by atoms with van der Waals surface area (Å²) in [5, 5.41) is 67.4. The van der Waals surface area contributed by atoms with Crippen LogP contribution in [0.2, 0.25) is 0 Å². The van der Waals surface area contributed by atoms with E-state index in [4.69, 9.17) is 4.74 Å². The van der Waals surface area contributed by atoms with Crippen LogP contribution in [0, 0.1) is 35.5 Å². The number of nitrogens with one attached hydrogen (secondary N) is 1. The number of carbonyl (C=O) groups excluding carboxylic acids is 2. The lowest BCUT2D eigenvalue weighted by molar-refractivity contribution is -0.235. The Kier molecular flexibility index (Phi) is 7.53. The third kappa shape index (κ3) is 4.16. The molecule has 0 spiro atoms. The molecule has 0 bridgehead atoms. The van der Waals surface area contributed by atoms with Gasteiger partial charge in [-0.2, -0.15) is 0 Å². The molecule has 0 aromatic heterocycles. The van der Waals surface area contributed by atoms with Crippen LogP contribution in [0.15, 0.2) is 0 Å². The van der Waals surface area contributed by atoms with E-state index in [1.807, 2.05) is 6.92 Å². The highest BCUT2D eigenvalue weighted by Gasteiger charge is 2.66. The molecule has 10 heteroatoms. The fourth-order valence-electron chi connectivity index (χ4n) is 7.38. The van der Waals surface area contributed by atoms with Gasteiger partial charge in [0.05, 0.1) is 43.0 Å². The Morgan fingerprint density at radius 2 is 1.79 bits per heavy atom. The largest absolute Gasteiger partial charge is 0.393 e. The second-order valence-electron chi connectivity index (χ2n) is 10.9. The summed E-state index contributed by atoms with van der Waals surface area (Å²) in [4.78, 5) is 26.5. The van der Waals surface area contributed by atoms with Crippen molar-refractivity contribution in [3.05, 3.63) is 0 Å². The lowest BCUT2D eigenvalue weighted by Crippen LogP contribution is -2.72. The summed E-state index contributed by atoms with van der Waals surface area (Å²) < 4.78 is 5.21. The van der Waals surface area contributed by atoms with E-state index in [0.717, 1.165) is 0 Å². The van der Waals surface area contributed by atoms with Crippen LogP contribution < -0.4 is 5.32 Å². The Morgan fingerprint density at radius 3 is 2.44 bits per heavy atom. The molecule has 4 saturated carbocycles. The molecular formula is C24H39NO9. The minimum Gasteiger partial charge on any atom is -0.393 e. The van der Waals surface area contributed by atoms with Crippen LogP contribution in [0.25, 0.3) is 0 Å². The summed E-state index contributed by atoms with van der Waals surface area (Å²) in [7, 11) is 0. The van der Waals surface area contributed by atoms with Crippen LogP contribution in [-0.2, 0) is 14.3 Å². The smallest absolute Gasteiger partial charge is 0.214 e. The molecule has 7 N–H and O–H groups in total. The molecule has 0 aromatic rings. The van der Waals surface area contributed by atoms with E-state index in [2.05, 4.69) is 5.32 Å². The zero-order chi connectivity index (χ0) is 24.9. The molecule has 0 aliphatic heterocycles. The van der Waals surface area contributed by atoms with E-state index in [1.165, 1.54) is 6.92 Å². The highest BCUT2D eigenvalue weighted by atomic mass is 16.6. The molecule has 0 aromatic carbocycles. The first-order valence-electron chi connectivity index (χ1n) is 12.6. The molecule has 10 unspecified atom stereocenters. The lowest BCUT2D eigenvalue weighted by atomic mass is 9.49. The van der Waals surface area contributed by atoms with Gasteiger partial charge in [-0.25, -0.2) is 0 Å². The van der Waals surface area contributed by atoms with E-state index < -0.39 is 71.9 Å². The van der Waals surface area contributed by atoms with E-state index in [1.54, 1.807) is 0 Å². The Bertz CT molecular complexity index is 778. The van der Waals surface area contributed by atoms with Gasteiger partial charge in [0.15, 0.2) is 17.2 Å². The van der Waals surface area contributed by atoms with Crippen LogP contribution in [-0.4, -0.2) is 91.3 Å². The van der Waals surface area contributed by atoms with Gasteiger partial charge in [-0.1, -0.05) is 6.92 Å². The first kappa shape index (κ1) is 26.1. The summed E-state index contributed by atoms with van der Waals surface area (Å²) in [6.45, 7) is 3.59. The Morgan fingerprint density at radius 1 is 1.09 bits per heavy atom. The second-order valence-corrected chi connectivity index (χ2v) is 10.9. The van der Waals surface area contributed by atoms with Crippen molar-refractivity contribution in [2.75, 3.05) is 6.61 Å². The predicted octanol–water partition coefficient (Wildman–Crippen LogP) is -1.32. The number of rotatable bonds is 6. The van der Waals surface area contributed by atoms with E-state index >= 15 is 0 Å². The summed E-state index contributed by atoms with van der Waals surface area (Å²) in [5.74, 6) is -5.00. The van der Waals surface area contributed by atoms with Crippen LogP contribution in [0.4, 0.5) is 0 Å². The van der Waals surface area contributed by atoms with Gasteiger partial charge in [0, 0.05) is 17.8 Å². The molecule has 0 radical (unpaired) electrons. The number of ether oxygens (including phenoxy) is 1. The molecular weight excluding hydrogens is 446 g/mol. The summed E-state index contributed by atoms with van der Waals surface area (Å²) >= 11 is 0. The van der Waals surface area contributed by atoms with Crippen molar-refractivity contribution < 1.29 is 45.0 Å². The highest BCUT2D eigenvalue weighted by Crippen LogP contribution is 2.56. The van der Waals surface area contributed by atoms with Gasteiger partial charge in [0.2, 0.25) is 6.41 Å². The number of aliphatic hydroxyl groups is 6. The highest BCUT2D eigenvalue weighted by molar-refractivity contribution is 5.92. The van der Waals surface area contributed by atoms with Crippen molar-refractivity contribution in [1.29, 1.82) is 0 Å². The van der Waals surface area contributed by atoms with Crippen LogP contribution in [0.1, 0.15) is 52.4 Å². The van der Waals surface area contributed by atoms with Crippen molar-refractivity contribution in [2.45, 2.75) is 94.8 Å². The van der Waals surface area contributed by atoms with Gasteiger partial charge >= 0.3 is 0 Å². The first-order chi connectivity index (χ1) is 16.0. The van der Waals surface area contributed by atoms with E-state index in [0.29, 0.717) is 38.7 Å². The SMILES string of the molecule is CCCOC(O)NC1CCC2C[C@H]3C[C@H]4CC(O)C(C(C)O)C(=O)[C@@]4(O)C(O)C3C(O)C2C1=O. The minimum atomic E-state index is -2.20. The molecule has 13 atom stereocenters. The fourth-order valence-corrected chi connectivity index (χ4v) is 7.38. The Labute approximate surface area is 199 Å². The van der Waals surface area contributed by atoms with Crippen LogP contribution in [0.3, 0.4) is 0 Å². The van der Waals surface area contributed by atoms with Crippen molar-refractivity contribution in [2.24, 2.45) is 35.5 Å². The Balaban J connectivity index is 1.55. The third-order valence-corrected chi connectivity index (χ3v) is 8.92. The molecule has 0 amide bonds. The second kappa shape index (κ2) is 9.82. The number of fused-ring (bicyclic) bond motifs is 3. The maximum Gasteiger partial charge on any atom is 0.214 e. The number of ketones is 2. The summed E-state index contributed by atoms with van der Waals surface area (Å²) in [6.07, 6.45) is -3.69. The topological polar surface area (TPSA) is 177 Å². The quantitative estimate of drug-likeness (QED) is 0.223. The molecule has 4 aliphatic carbocycles. The van der Waals surface area contributed by atoms with Crippen molar-refractivity contribution in [3.63, 3.8) is 0 Å². The van der Waals surface area contributed by atoms with E-state index in [-0.39, 0.29) is 24.0 Å². The lowest BCUT2D eigenvalue weighted by Gasteiger charge is -2.59. The number of carbonyl (C=O) groups is 2. The van der Waals surface area contributed by atoms with Crippen molar-refractivity contribution in [3.8, 4) is 0 Å². The molecule has 10 nitrogen and oxygen atoms in total. The van der Waals surface area contributed by atoms with Crippen LogP contribution >= 0.6 is 0 Å². The number of Topliss-reactive ketones (excluding diaryl/α,β-unsaturated/α-hetero) is 2. The molecule has 4 aliphatic rings. The average Bonchev–Trinajstić information content (AvgIpc) is 2.76. The molecule has 0 saturated heterocycles. The van der Waals surface area contributed by atoms with Crippen LogP contribution in [0.5, 0.6) is 0 Å². The maximum atomic E-state index is 13.3. The van der Waals surface area contributed by atoms with Gasteiger partial charge < -0.3 is 35.4 Å². The monoisotopic (exact) mass is 485 g/mol. The number of aliphatic hydroxyl groups excluding tert-OH is 5. The zero-order valence-corrected chi connectivity index (χ0v) is 19.8. The normalized spacial score (nSPS) is 48.5. The summed E-state index contributed by atoms with van der Waals surface area (Å²) in [5.41, 5.74) is -2.20. The van der Waals surface area contributed by atoms with Gasteiger partial charge in [0.1, 0.15) is 0 Å². The minimum absolute atomic E-state index is 0.0723. The molecule has 34 heavy (non-hydrogen) atoms. The van der Waals surface area contributed by atoms with Crippen molar-refractivity contribution >= 4 is 11.6 Å². The average molecular weight is 486 g/mol. The van der Waals surface area contributed by atoms with Gasteiger partial charge in [-0.3, -0.25) is 14.9 Å². The first-order valence-corrected chi connectivity index (χ1v) is 12.6. The molecule has 4 rings (SSSR count). The Hall–Kier alpha value is -0.980. The standard InChI is InChI=1S/C24H39NO9/c1-3-6-34-23(32)25-14-5-4-11-7-12-8-13-9-15(27)16(10(2)26)21(30)24(13,33)22(31)18(12)20(29)17(11)19(14)28/h10-18,20,22-23,25-27,29,31-33H,3-9H2,1-2H3/t10?,11?,12-,13-,14?,15?,16?,17?,18?,20?,22?,23?,24+/m0/s1. The third-order valence-electron chi connectivity index (χ3n) is 8.92.